The molecule has 1 aliphatic heterocycles. The molecule has 5 heteroatoms. The lowest BCUT2D eigenvalue weighted by atomic mass is 9.98. The minimum absolute atomic E-state index is 0.260. The first-order valence-corrected chi connectivity index (χ1v) is 6.33. The van der Waals surface area contributed by atoms with Crippen molar-refractivity contribution in [2.45, 2.75) is 19.3 Å². The van der Waals surface area contributed by atoms with E-state index in [0.29, 0.717) is 25.4 Å². The Labute approximate surface area is 112 Å². The molecule has 0 aromatic heterocycles. The van der Waals surface area contributed by atoms with E-state index < -0.39 is 0 Å². The minimum atomic E-state index is 0.260. The van der Waals surface area contributed by atoms with Gasteiger partial charge in [0.15, 0.2) is 5.84 Å². The number of nitrogens with zero attached hydrogens (tertiary/aromatic N) is 2. The lowest BCUT2D eigenvalue weighted by Crippen LogP contribution is -2.23. The Bertz CT molecular complexity index is 456. The highest BCUT2D eigenvalue weighted by Gasteiger charge is 2.29. The molecule has 1 fully saturated rings. The molecule has 1 aliphatic rings. The Morgan fingerprint density at radius 3 is 2.74 bits per heavy atom. The maximum atomic E-state index is 11.0. The van der Waals surface area contributed by atoms with Crippen molar-refractivity contribution >= 4 is 12.2 Å². The number of benzene rings is 1. The first kappa shape index (κ1) is 13.4. The third-order valence-electron chi connectivity index (χ3n) is 3.19. The molecule has 0 spiro atoms. The zero-order valence-electron chi connectivity index (χ0n) is 11.2. The predicted octanol–water partition coefficient (Wildman–Crippen LogP) is 1.99. The van der Waals surface area contributed by atoms with Crippen LogP contribution in [0.25, 0.3) is 0 Å². The van der Waals surface area contributed by atoms with Gasteiger partial charge in [-0.25, -0.2) is 0 Å². The van der Waals surface area contributed by atoms with Gasteiger partial charge in [-0.2, -0.15) is 0 Å². The van der Waals surface area contributed by atoms with E-state index in [1.807, 2.05) is 31.2 Å². The van der Waals surface area contributed by atoms with Crippen LogP contribution in [-0.4, -0.2) is 37.4 Å². The molecule has 5 nitrogen and oxygen atoms in total. The number of hydrogen-bond donors (Lipinski definition) is 0. The molecule has 0 aliphatic carbocycles. The van der Waals surface area contributed by atoms with Crippen LogP contribution in [0.5, 0.6) is 5.75 Å². The summed E-state index contributed by atoms with van der Waals surface area (Å²) in [4.78, 5) is 17.7. The van der Waals surface area contributed by atoms with Crippen molar-refractivity contribution in [2.24, 2.45) is 5.16 Å². The molecule has 2 rings (SSSR count). The maximum absolute atomic E-state index is 11.0. The summed E-state index contributed by atoms with van der Waals surface area (Å²) >= 11 is 0. The van der Waals surface area contributed by atoms with E-state index in [1.54, 1.807) is 12.0 Å². The molecule has 0 bridgehead atoms. The lowest BCUT2D eigenvalue weighted by molar-refractivity contribution is -0.114. The van der Waals surface area contributed by atoms with Crippen molar-refractivity contribution in [1.29, 1.82) is 0 Å². The van der Waals surface area contributed by atoms with Crippen LogP contribution in [0.1, 0.15) is 24.8 Å². The number of carbonyl (C=O) groups is 1. The van der Waals surface area contributed by atoms with Crippen molar-refractivity contribution in [2.75, 3.05) is 20.3 Å². The van der Waals surface area contributed by atoms with Crippen molar-refractivity contribution in [1.82, 2.24) is 4.90 Å². The fourth-order valence-electron chi connectivity index (χ4n) is 2.18. The zero-order chi connectivity index (χ0) is 13.7. The van der Waals surface area contributed by atoms with Crippen LogP contribution in [0.3, 0.4) is 0 Å². The average Bonchev–Trinajstić information content (AvgIpc) is 2.88. The van der Waals surface area contributed by atoms with Gasteiger partial charge >= 0.3 is 0 Å². The molecule has 0 saturated carbocycles. The van der Waals surface area contributed by atoms with E-state index in [4.69, 9.17) is 9.57 Å². The molecule has 1 aromatic carbocycles. The summed E-state index contributed by atoms with van der Waals surface area (Å²) in [5.41, 5.74) is 1.18. The summed E-state index contributed by atoms with van der Waals surface area (Å²) in [7, 11) is 1.64. The average molecular weight is 262 g/mol. The Kier molecular flexibility index (Phi) is 4.39. The van der Waals surface area contributed by atoms with Gasteiger partial charge in [0.1, 0.15) is 12.4 Å². The smallest absolute Gasteiger partial charge is 0.215 e. The topological polar surface area (TPSA) is 51.1 Å². The number of ether oxygens (including phenoxy) is 1. The molecule has 1 unspecified atom stereocenters. The molecular formula is C14H18N2O3. The van der Waals surface area contributed by atoms with Crippen molar-refractivity contribution in [3.8, 4) is 5.75 Å². The molecule has 1 saturated heterocycles. The summed E-state index contributed by atoms with van der Waals surface area (Å²) in [6.07, 6.45) is 1.52. The van der Waals surface area contributed by atoms with Gasteiger partial charge in [-0.15, -0.1) is 0 Å². The summed E-state index contributed by atoms with van der Waals surface area (Å²) in [5, 5.41) is 3.99. The van der Waals surface area contributed by atoms with E-state index in [9.17, 15) is 4.79 Å². The molecule has 0 N–H and O–H groups in total. The second-order valence-electron chi connectivity index (χ2n) is 4.36. The van der Waals surface area contributed by atoms with Gasteiger partial charge in [0, 0.05) is 18.9 Å². The summed E-state index contributed by atoms with van der Waals surface area (Å²) in [6, 6.07) is 7.91. The second-order valence-corrected chi connectivity index (χ2v) is 4.36. The van der Waals surface area contributed by atoms with Gasteiger partial charge in [-0.1, -0.05) is 17.3 Å². The van der Waals surface area contributed by atoms with Crippen molar-refractivity contribution in [3.63, 3.8) is 0 Å². The number of rotatable bonds is 5. The highest BCUT2D eigenvalue weighted by molar-refractivity contribution is 5.93. The number of oxime groups is 1. The van der Waals surface area contributed by atoms with Crippen LogP contribution < -0.4 is 4.74 Å². The first-order chi connectivity index (χ1) is 9.28. The zero-order valence-corrected chi connectivity index (χ0v) is 11.2. The van der Waals surface area contributed by atoms with Crippen LogP contribution >= 0.6 is 0 Å². The largest absolute Gasteiger partial charge is 0.497 e. The molecule has 1 amide bonds. The fourth-order valence-corrected chi connectivity index (χ4v) is 2.18. The quantitative estimate of drug-likeness (QED) is 0.602. The van der Waals surface area contributed by atoms with Crippen LogP contribution in [0.4, 0.5) is 0 Å². The summed E-state index contributed by atoms with van der Waals surface area (Å²) < 4.78 is 5.14. The molecule has 1 atom stereocenters. The molecule has 1 aromatic rings. The van der Waals surface area contributed by atoms with Gasteiger partial charge in [0.05, 0.1) is 7.11 Å². The van der Waals surface area contributed by atoms with Gasteiger partial charge in [0.25, 0.3) is 0 Å². The van der Waals surface area contributed by atoms with Gasteiger partial charge in [-0.3, -0.25) is 9.69 Å². The molecule has 1 heterocycles. The van der Waals surface area contributed by atoms with Crippen molar-refractivity contribution < 1.29 is 14.4 Å². The third-order valence-corrected chi connectivity index (χ3v) is 3.19. The molecule has 0 radical (unpaired) electrons. The highest BCUT2D eigenvalue weighted by Crippen LogP contribution is 2.29. The van der Waals surface area contributed by atoms with Crippen LogP contribution in [0, 0.1) is 0 Å². The van der Waals surface area contributed by atoms with Crippen LogP contribution in [0.2, 0.25) is 0 Å². The second kappa shape index (κ2) is 6.22. The standard InChI is InChI=1S/C14H18N2O3/c1-3-19-15-14-8-12(9-16(14)10-17)11-4-6-13(18-2)7-5-11/h4-7,10,12H,3,8-9H2,1-2H3/b15-14-. The Balaban J connectivity index is 2.11. The molecular weight excluding hydrogens is 244 g/mol. The lowest BCUT2D eigenvalue weighted by Gasteiger charge is -2.10. The minimum Gasteiger partial charge on any atom is -0.497 e. The summed E-state index contributed by atoms with van der Waals surface area (Å²) in [5.74, 6) is 1.78. The molecule has 102 valence electrons. The summed E-state index contributed by atoms with van der Waals surface area (Å²) in [6.45, 7) is 3.01. The third kappa shape index (κ3) is 3.05. The van der Waals surface area contributed by atoms with Gasteiger partial charge in [0.2, 0.25) is 6.41 Å². The van der Waals surface area contributed by atoms with Crippen molar-refractivity contribution in [3.05, 3.63) is 29.8 Å². The van der Waals surface area contributed by atoms with E-state index in [0.717, 1.165) is 12.2 Å². The number of likely N-dealkylation sites (tertiary alicyclic amines) is 1. The predicted molar refractivity (Wildman–Crippen MR) is 72.2 cm³/mol. The molecule has 19 heavy (non-hydrogen) atoms. The number of amides is 1. The monoisotopic (exact) mass is 262 g/mol. The van der Waals surface area contributed by atoms with E-state index in [1.165, 1.54) is 5.56 Å². The first-order valence-electron chi connectivity index (χ1n) is 6.33. The van der Waals surface area contributed by atoms with Crippen LogP contribution in [0.15, 0.2) is 29.4 Å². The number of hydrogen-bond acceptors (Lipinski definition) is 4. The number of carbonyl (C=O) groups excluding carboxylic acids is 1. The van der Waals surface area contributed by atoms with E-state index >= 15 is 0 Å². The Morgan fingerprint density at radius 1 is 1.42 bits per heavy atom. The fraction of sp³-hybridized carbons (Fsp3) is 0.429. The van der Waals surface area contributed by atoms with Gasteiger partial charge in [-0.05, 0) is 24.6 Å². The van der Waals surface area contributed by atoms with Gasteiger partial charge < -0.3 is 9.57 Å². The normalized spacial score (nSPS) is 20.6. The van der Waals surface area contributed by atoms with Crippen LogP contribution in [-0.2, 0) is 9.63 Å². The Morgan fingerprint density at radius 2 is 2.16 bits per heavy atom. The maximum Gasteiger partial charge on any atom is 0.215 e. The SMILES string of the molecule is CCO/N=C1/CC(c2ccc(OC)cc2)CN1C=O. The highest BCUT2D eigenvalue weighted by atomic mass is 16.6. The Hall–Kier alpha value is -2.04. The number of amidine groups is 1. The number of methoxy groups -OCH3 is 1. The van der Waals surface area contributed by atoms with E-state index in [-0.39, 0.29) is 5.92 Å². The van der Waals surface area contributed by atoms with E-state index in [2.05, 4.69) is 5.16 Å².